The summed E-state index contributed by atoms with van der Waals surface area (Å²) >= 11 is 1.83. The average Bonchev–Trinajstić information content (AvgIpc) is 4.37. The lowest BCUT2D eigenvalue weighted by atomic mass is 9.69. The van der Waals surface area contributed by atoms with Crippen molar-refractivity contribution < 1.29 is 0 Å². The minimum atomic E-state index is -0.435. The van der Waals surface area contributed by atoms with Crippen molar-refractivity contribution >= 4 is 76.0 Å². The van der Waals surface area contributed by atoms with Crippen LogP contribution in [0.15, 0.2) is 261 Å². The first kappa shape index (κ1) is 43.0. The molecule has 3 heterocycles. The Kier molecular flexibility index (Phi) is 9.51. The quantitative estimate of drug-likeness (QED) is 0.160. The molecule has 0 N–H and O–H groups in total. The number of benzene rings is 10. The molecule has 0 fully saturated rings. The smallest absolute Gasteiger partial charge is 0.160 e. The second-order valence-electron chi connectivity index (χ2n) is 20.3. The van der Waals surface area contributed by atoms with Crippen LogP contribution in [0.3, 0.4) is 0 Å². The van der Waals surface area contributed by atoms with Crippen LogP contribution in [0.4, 0.5) is 17.1 Å². The summed E-state index contributed by atoms with van der Waals surface area (Å²) in [4.78, 5) is 12.3. The molecule has 0 unspecified atom stereocenters. The van der Waals surface area contributed by atoms with E-state index in [2.05, 4.69) is 246 Å². The first-order valence-electron chi connectivity index (χ1n) is 26.3. The summed E-state index contributed by atoms with van der Waals surface area (Å²) < 4.78 is 4.83. The molecular formula is C71H46N4S. The first-order chi connectivity index (χ1) is 37.7. The molecule has 3 aliphatic carbocycles. The summed E-state index contributed by atoms with van der Waals surface area (Å²) in [5, 5.41) is 4.83. The Morgan fingerprint density at radius 2 is 1.07 bits per heavy atom. The monoisotopic (exact) mass is 986 g/mol. The number of fused-ring (bicyclic) bond motifs is 16. The van der Waals surface area contributed by atoms with Crippen molar-refractivity contribution in [1.82, 2.24) is 14.5 Å². The van der Waals surface area contributed by atoms with Gasteiger partial charge >= 0.3 is 0 Å². The van der Waals surface area contributed by atoms with E-state index in [0.717, 1.165) is 52.2 Å². The lowest BCUT2D eigenvalue weighted by molar-refractivity contribution is 0.780. The van der Waals surface area contributed by atoms with Gasteiger partial charge in [0, 0.05) is 71.7 Å². The van der Waals surface area contributed by atoms with Gasteiger partial charge in [0.2, 0.25) is 0 Å². The molecule has 356 valence electrons. The van der Waals surface area contributed by atoms with Crippen molar-refractivity contribution in [1.29, 1.82) is 0 Å². The summed E-state index contributed by atoms with van der Waals surface area (Å²) in [5.41, 5.74) is 23.0. The zero-order valence-electron chi connectivity index (χ0n) is 41.4. The normalized spacial score (nSPS) is 13.9. The van der Waals surface area contributed by atoms with Gasteiger partial charge in [-0.1, -0.05) is 170 Å². The van der Waals surface area contributed by atoms with Crippen LogP contribution in [-0.4, -0.2) is 14.5 Å². The van der Waals surface area contributed by atoms with Gasteiger partial charge in [0.15, 0.2) is 5.82 Å². The second kappa shape index (κ2) is 16.8. The van der Waals surface area contributed by atoms with E-state index in [9.17, 15) is 0 Å². The minimum Gasteiger partial charge on any atom is -0.310 e. The molecule has 5 heteroatoms. The van der Waals surface area contributed by atoms with Gasteiger partial charge in [-0.3, -0.25) is 0 Å². The summed E-state index contributed by atoms with van der Waals surface area (Å²) in [5.74, 6) is 0.712. The number of hydrogen-bond acceptors (Lipinski definition) is 4. The van der Waals surface area contributed by atoms with E-state index in [4.69, 9.17) is 9.97 Å². The van der Waals surface area contributed by atoms with Crippen LogP contribution in [0, 0.1) is 0 Å². The Hall–Kier alpha value is -9.42. The first-order valence-corrected chi connectivity index (χ1v) is 27.1. The molecule has 0 saturated heterocycles. The molecule has 0 aliphatic heterocycles. The highest BCUT2D eigenvalue weighted by atomic mass is 32.1. The van der Waals surface area contributed by atoms with Gasteiger partial charge in [-0.05, 0) is 152 Å². The minimum absolute atomic E-state index is 0.435. The Balaban J connectivity index is 0.975. The number of para-hydroxylation sites is 1. The summed E-state index contributed by atoms with van der Waals surface area (Å²) in [6, 6.07) is 85.3. The van der Waals surface area contributed by atoms with Gasteiger partial charge in [-0.15, -0.1) is 11.3 Å². The number of anilines is 3. The molecule has 3 aromatic heterocycles. The number of nitrogens with zero attached hydrogens (tertiary/aromatic N) is 4. The molecule has 13 aromatic rings. The van der Waals surface area contributed by atoms with Crippen LogP contribution in [0.5, 0.6) is 0 Å². The summed E-state index contributed by atoms with van der Waals surface area (Å²) in [7, 11) is 0. The standard InChI is InChI=1S/C71H46N4S/c1-4-17-45(18-5-1)47-29-32-50(33-30-47)74(52-34-37-56-55-25-12-15-28-62(55)71(63(56)43-52)60-26-13-10-23-53(60)54-24-11-14-27-61(54)71)51-35-38-66-58(42-51)68-67-57-36-31-48(46-19-6-2-7-20-46)41-64(57)75(49-21-8-3-9-22-49)65(67)44-59(69(68)76-66)70-72-39-16-40-73-70/h1-11,13-24,26-44H,12,25H2. The van der Waals surface area contributed by atoms with E-state index in [-0.39, 0.29) is 0 Å². The van der Waals surface area contributed by atoms with Gasteiger partial charge in [0.05, 0.1) is 16.4 Å². The molecule has 0 amide bonds. The van der Waals surface area contributed by atoms with E-state index in [1.807, 2.05) is 29.8 Å². The van der Waals surface area contributed by atoms with Gasteiger partial charge in [0.1, 0.15) is 0 Å². The fourth-order valence-electron chi connectivity index (χ4n) is 13.2. The van der Waals surface area contributed by atoms with Crippen molar-refractivity contribution in [3.8, 4) is 50.5 Å². The van der Waals surface area contributed by atoms with Gasteiger partial charge in [-0.25, -0.2) is 9.97 Å². The van der Waals surface area contributed by atoms with Gasteiger partial charge in [0.25, 0.3) is 0 Å². The Bertz CT molecular complexity index is 4510. The average molecular weight is 987 g/mol. The molecule has 76 heavy (non-hydrogen) atoms. The van der Waals surface area contributed by atoms with Crippen molar-refractivity contribution in [3.63, 3.8) is 0 Å². The third-order valence-corrected chi connectivity index (χ3v) is 17.6. The van der Waals surface area contributed by atoms with E-state index < -0.39 is 5.41 Å². The van der Waals surface area contributed by atoms with Crippen LogP contribution in [0.25, 0.3) is 98.0 Å². The lowest BCUT2D eigenvalue weighted by Crippen LogP contribution is -2.27. The van der Waals surface area contributed by atoms with Crippen molar-refractivity contribution in [2.75, 3.05) is 4.90 Å². The number of aromatic nitrogens is 3. The van der Waals surface area contributed by atoms with E-state index >= 15 is 0 Å². The fraction of sp³-hybridized carbons (Fsp3) is 0.0423. The summed E-state index contributed by atoms with van der Waals surface area (Å²) in [6.07, 6.45) is 10.6. The SMILES string of the molecule is C1=CC2=C(CC1)c1ccc(N(c3ccc(-c4ccccc4)cc3)c3ccc4sc5c(-c6ncccn6)cc6c(c7ccc(-c8ccccc8)cc7n6-c6ccccc6)c5c4c3)cc1C21c2ccccc2-c2ccccc21. The van der Waals surface area contributed by atoms with Gasteiger partial charge in [-0.2, -0.15) is 0 Å². The highest BCUT2D eigenvalue weighted by molar-refractivity contribution is 7.26. The van der Waals surface area contributed by atoms with E-state index in [1.165, 1.54) is 97.7 Å². The molecule has 0 atom stereocenters. The van der Waals surface area contributed by atoms with Crippen LogP contribution < -0.4 is 4.90 Å². The van der Waals surface area contributed by atoms with Crippen LogP contribution in [0.1, 0.15) is 35.1 Å². The zero-order valence-corrected chi connectivity index (χ0v) is 42.2. The highest BCUT2D eigenvalue weighted by Crippen LogP contribution is 2.64. The fourth-order valence-corrected chi connectivity index (χ4v) is 14.4. The Morgan fingerprint density at radius 1 is 0.447 bits per heavy atom. The number of rotatable bonds is 7. The van der Waals surface area contributed by atoms with Crippen LogP contribution in [0.2, 0.25) is 0 Å². The molecule has 4 nitrogen and oxygen atoms in total. The summed E-state index contributed by atoms with van der Waals surface area (Å²) in [6.45, 7) is 0. The molecule has 0 radical (unpaired) electrons. The molecule has 0 saturated carbocycles. The molecule has 10 aromatic carbocycles. The lowest BCUT2D eigenvalue weighted by Gasteiger charge is -2.33. The third kappa shape index (κ3) is 6.24. The number of allylic oxidation sites excluding steroid dienone is 4. The molecule has 1 spiro atoms. The topological polar surface area (TPSA) is 34.0 Å². The largest absolute Gasteiger partial charge is 0.310 e. The Labute approximate surface area is 444 Å². The number of hydrogen-bond donors (Lipinski definition) is 0. The predicted octanol–water partition coefficient (Wildman–Crippen LogP) is 18.8. The highest BCUT2D eigenvalue weighted by Gasteiger charge is 2.52. The molecule has 3 aliphatic rings. The van der Waals surface area contributed by atoms with Gasteiger partial charge < -0.3 is 9.47 Å². The maximum absolute atomic E-state index is 4.92. The van der Waals surface area contributed by atoms with Crippen molar-refractivity contribution in [2.24, 2.45) is 0 Å². The maximum Gasteiger partial charge on any atom is 0.160 e. The Morgan fingerprint density at radius 3 is 1.80 bits per heavy atom. The number of thiophene rings is 1. The van der Waals surface area contributed by atoms with Crippen LogP contribution >= 0.6 is 11.3 Å². The van der Waals surface area contributed by atoms with Crippen LogP contribution in [-0.2, 0) is 5.41 Å². The maximum atomic E-state index is 4.92. The van der Waals surface area contributed by atoms with E-state index in [1.54, 1.807) is 0 Å². The molecule has 16 rings (SSSR count). The second-order valence-corrected chi connectivity index (χ2v) is 21.4. The van der Waals surface area contributed by atoms with Crippen molar-refractivity contribution in [3.05, 3.63) is 283 Å². The zero-order chi connectivity index (χ0) is 49.9. The van der Waals surface area contributed by atoms with Crippen molar-refractivity contribution in [2.45, 2.75) is 18.3 Å². The predicted molar refractivity (Wildman–Crippen MR) is 317 cm³/mol. The third-order valence-electron chi connectivity index (χ3n) is 16.4. The van der Waals surface area contributed by atoms with E-state index in [0.29, 0.717) is 5.82 Å². The molecular weight excluding hydrogens is 941 g/mol. The molecule has 0 bridgehead atoms.